The fraction of sp³-hybridized carbons (Fsp3) is 0.176. The first-order chi connectivity index (χ1) is 11.3. The maximum absolute atomic E-state index is 13.7. The molecule has 0 fully saturated rings. The second-order valence-corrected chi connectivity index (χ2v) is 5.05. The van der Waals surface area contributed by atoms with E-state index in [9.17, 15) is 18.7 Å². The van der Waals surface area contributed by atoms with Gasteiger partial charge in [-0.3, -0.25) is 0 Å². The minimum absolute atomic E-state index is 0.0797. The molecule has 7 heteroatoms. The predicted octanol–water partition coefficient (Wildman–Crippen LogP) is 4.14. The highest BCUT2D eigenvalue weighted by Gasteiger charge is 2.18. The Balaban J connectivity index is 2.11. The maximum Gasteiger partial charge on any atom is 0.343 e. The number of esters is 1. The van der Waals surface area contributed by atoms with E-state index in [1.54, 1.807) is 0 Å². The molecule has 0 radical (unpaired) electrons. The standard InChI is InChI=1S/C17H15F2NO4/c1-9(20)16(10(2)21)17(22)23-8-12-4-6-15(24-12)13-5-3-11(18)7-14(13)19/h3-7,20-21H,8H2,1-2H3/b16-10+,20-9?. The Labute approximate surface area is 136 Å². The lowest BCUT2D eigenvalue weighted by Gasteiger charge is -2.07. The van der Waals surface area contributed by atoms with Crippen molar-refractivity contribution in [3.05, 3.63) is 59.1 Å². The normalized spacial score (nSPS) is 11.8. The molecule has 0 saturated carbocycles. The Hall–Kier alpha value is -2.96. The summed E-state index contributed by atoms with van der Waals surface area (Å²) >= 11 is 0. The van der Waals surface area contributed by atoms with Crippen molar-refractivity contribution in [2.45, 2.75) is 20.5 Å². The zero-order valence-electron chi connectivity index (χ0n) is 13.0. The molecule has 5 nitrogen and oxygen atoms in total. The van der Waals surface area contributed by atoms with Gasteiger partial charge in [-0.25, -0.2) is 13.6 Å². The number of benzene rings is 1. The van der Waals surface area contributed by atoms with E-state index < -0.39 is 17.6 Å². The molecule has 0 spiro atoms. The molecule has 0 amide bonds. The number of carbonyl (C=O) groups is 1. The molecule has 24 heavy (non-hydrogen) atoms. The van der Waals surface area contributed by atoms with Crippen LogP contribution in [-0.2, 0) is 16.1 Å². The first kappa shape index (κ1) is 17.4. The van der Waals surface area contributed by atoms with Crippen LogP contribution >= 0.6 is 0 Å². The lowest BCUT2D eigenvalue weighted by atomic mass is 10.1. The number of ether oxygens (including phenoxy) is 1. The van der Waals surface area contributed by atoms with Crippen LogP contribution in [0.25, 0.3) is 11.3 Å². The summed E-state index contributed by atoms with van der Waals surface area (Å²) in [6, 6.07) is 6.04. The first-order valence-corrected chi connectivity index (χ1v) is 6.96. The minimum atomic E-state index is -0.867. The van der Waals surface area contributed by atoms with Gasteiger partial charge >= 0.3 is 5.97 Å². The lowest BCUT2D eigenvalue weighted by Crippen LogP contribution is -2.15. The van der Waals surface area contributed by atoms with E-state index in [1.807, 2.05) is 0 Å². The molecule has 2 rings (SSSR count). The van der Waals surface area contributed by atoms with Gasteiger partial charge in [0.1, 0.15) is 41.1 Å². The number of hydrogen-bond acceptors (Lipinski definition) is 5. The van der Waals surface area contributed by atoms with Crippen molar-refractivity contribution in [1.29, 1.82) is 5.41 Å². The number of halogens is 2. The fourth-order valence-electron chi connectivity index (χ4n) is 2.07. The molecule has 0 aliphatic heterocycles. The molecule has 0 aliphatic rings. The molecule has 1 aromatic heterocycles. The molecule has 2 N–H and O–H groups in total. The second-order valence-electron chi connectivity index (χ2n) is 5.05. The minimum Gasteiger partial charge on any atom is -0.512 e. The molecule has 126 valence electrons. The van der Waals surface area contributed by atoms with Gasteiger partial charge in [-0.15, -0.1) is 0 Å². The highest BCUT2D eigenvalue weighted by molar-refractivity contribution is 6.17. The number of hydrogen-bond donors (Lipinski definition) is 2. The van der Waals surface area contributed by atoms with Gasteiger partial charge < -0.3 is 19.7 Å². The topological polar surface area (TPSA) is 83.5 Å². The number of nitrogens with one attached hydrogen (secondary N) is 1. The SMILES string of the molecule is CC(=N)/C(C(=O)OCc1ccc(-c2ccc(F)cc2F)o1)=C(/C)O. The maximum atomic E-state index is 13.7. The van der Waals surface area contributed by atoms with Gasteiger partial charge in [-0.05, 0) is 38.1 Å². The van der Waals surface area contributed by atoms with Gasteiger partial charge in [-0.1, -0.05) is 0 Å². The third-order valence-corrected chi connectivity index (χ3v) is 3.14. The van der Waals surface area contributed by atoms with Crippen LogP contribution < -0.4 is 0 Å². The van der Waals surface area contributed by atoms with Crippen LogP contribution in [0.15, 0.2) is 46.1 Å². The number of rotatable bonds is 5. The fourth-order valence-corrected chi connectivity index (χ4v) is 2.07. The zero-order valence-corrected chi connectivity index (χ0v) is 13.0. The van der Waals surface area contributed by atoms with Crippen LogP contribution in [0.3, 0.4) is 0 Å². The van der Waals surface area contributed by atoms with Crippen LogP contribution in [0, 0.1) is 17.0 Å². The van der Waals surface area contributed by atoms with Crippen LogP contribution in [0.4, 0.5) is 8.78 Å². The van der Waals surface area contributed by atoms with Gasteiger partial charge in [0.2, 0.25) is 0 Å². The Morgan fingerprint density at radius 2 is 1.96 bits per heavy atom. The molecule has 0 aliphatic carbocycles. The summed E-state index contributed by atoms with van der Waals surface area (Å²) < 4.78 is 36.9. The second kappa shape index (κ2) is 7.08. The summed E-state index contributed by atoms with van der Waals surface area (Å²) in [5.74, 6) is -2.25. The van der Waals surface area contributed by atoms with Crippen molar-refractivity contribution in [3.63, 3.8) is 0 Å². The molecular formula is C17H15F2NO4. The van der Waals surface area contributed by atoms with E-state index in [0.29, 0.717) is 0 Å². The smallest absolute Gasteiger partial charge is 0.343 e. The van der Waals surface area contributed by atoms with E-state index in [-0.39, 0.29) is 40.7 Å². The van der Waals surface area contributed by atoms with E-state index in [0.717, 1.165) is 12.1 Å². The summed E-state index contributed by atoms with van der Waals surface area (Å²) in [6.45, 7) is 2.36. The Morgan fingerprint density at radius 3 is 2.54 bits per heavy atom. The van der Waals surface area contributed by atoms with Crippen molar-refractivity contribution in [2.24, 2.45) is 0 Å². The van der Waals surface area contributed by atoms with Gasteiger partial charge in [0.05, 0.1) is 5.56 Å². The van der Waals surface area contributed by atoms with E-state index in [4.69, 9.17) is 14.6 Å². The molecule has 1 heterocycles. The van der Waals surface area contributed by atoms with Crippen LogP contribution in [0.5, 0.6) is 0 Å². The largest absolute Gasteiger partial charge is 0.512 e. The molecule has 0 unspecified atom stereocenters. The molecular weight excluding hydrogens is 320 g/mol. The average Bonchev–Trinajstić information content (AvgIpc) is 2.93. The number of aliphatic hydroxyl groups is 1. The molecule has 0 bridgehead atoms. The molecule has 2 aromatic rings. The number of carbonyl (C=O) groups excluding carboxylic acids is 1. The van der Waals surface area contributed by atoms with Gasteiger partial charge in [0.15, 0.2) is 0 Å². The summed E-state index contributed by atoms with van der Waals surface area (Å²) in [5, 5.41) is 16.8. The van der Waals surface area contributed by atoms with E-state index in [2.05, 4.69) is 0 Å². The summed E-state index contributed by atoms with van der Waals surface area (Å²) in [6.07, 6.45) is 0. The number of furan rings is 1. The van der Waals surface area contributed by atoms with Crippen molar-refractivity contribution in [1.82, 2.24) is 0 Å². The van der Waals surface area contributed by atoms with Crippen LogP contribution in [0.1, 0.15) is 19.6 Å². The zero-order chi connectivity index (χ0) is 17.9. The number of allylic oxidation sites excluding steroid dienone is 1. The quantitative estimate of drug-likeness (QED) is 0.372. The van der Waals surface area contributed by atoms with Crippen molar-refractivity contribution in [2.75, 3.05) is 0 Å². The van der Waals surface area contributed by atoms with Crippen molar-refractivity contribution < 1.29 is 27.8 Å². The van der Waals surface area contributed by atoms with Gasteiger partial charge in [0.25, 0.3) is 0 Å². The van der Waals surface area contributed by atoms with Crippen LogP contribution in [-0.4, -0.2) is 16.8 Å². The van der Waals surface area contributed by atoms with Crippen LogP contribution in [0.2, 0.25) is 0 Å². The van der Waals surface area contributed by atoms with E-state index >= 15 is 0 Å². The molecule has 0 saturated heterocycles. The average molecular weight is 335 g/mol. The molecule has 1 aromatic carbocycles. The van der Waals surface area contributed by atoms with Gasteiger partial charge in [0, 0.05) is 11.8 Å². The number of aliphatic hydroxyl groups excluding tert-OH is 1. The Morgan fingerprint density at radius 1 is 1.25 bits per heavy atom. The molecule has 0 atom stereocenters. The monoisotopic (exact) mass is 335 g/mol. The predicted molar refractivity (Wildman–Crippen MR) is 82.6 cm³/mol. The summed E-state index contributed by atoms with van der Waals surface area (Å²) in [4.78, 5) is 11.8. The highest BCUT2D eigenvalue weighted by atomic mass is 19.1. The Kier molecular flexibility index (Phi) is 5.13. The first-order valence-electron chi connectivity index (χ1n) is 6.96. The van der Waals surface area contributed by atoms with Gasteiger partial charge in [-0.2, -0.15) is 0 Å². The highest BCUT2D eigenvalue weighted by Crippen LogP contribution is 2.26. The van der Waals surface area contributed by atoms with E-state index in [1.165, 1.54) is 32.0 Å². The summed E-state index contributed by atoms with van der Waals surface area (Å²) in [7, 11) is 0. The van der Waals surface area contributed by atoms with Crippen molar-refractivity contribution >= 4 is 11.7 Å². The lowest BCUT2D eigenvalue weighted by molar-refractivity contribution is -0.140. The Bertz CT molecular complexity index is 820. The summed E-state index contributed by atoms with van der Waals surface area (Å²) in [5.41, 5.74) is -0.282. The van der Waals surface area contributed by atoms with Crippen molar-refractivity contribution in [3.8, 4) is 11.3 Å². The third kappa shape index (κ3) is 3.87. The third-order valence-electron chi connectivity index (χ3n) is 3.14.